The Bertz CT molecular complexity index is 869. The molecule has 5 nitrogen and oxygen atoms in total. The lowest BCUT2D eigenvalue weighted by Gasteiger charge is -2.31. The molecule has 1 aliphatic rings. The Labute approximate surface area is 152 Å². The van der Waals surface area contributed by atoms with Crippen molar-refractivity contribution in [3.05, 3.63) is 65.9 Å². The summed E-state index contributed by atoms with van der Waals surface area (Å²) in [6.07, 6.45) is 7.60. The number of rotatable bonds is 4. The molecule has 0 aliphatic carbocycles. The maximum Gasteiger partial charge on any atom is 0.126 e. The fourth-order valence-corrected chi connectivity index (χ4v) is 3.44. The van der Waals surface area contributed by atoms with Crippen molar-refractivity contribution in [1.29, 1.82) is 0 Å². The zero-order chi connectivity index (χ0) is 17.9. The van der Waals surface area contributed by atoms with Gasteiger partial charge in [-0.1, -0.05) is 17.3 Å². The number of pyridine rings is 1. The second-order valence-corrected chi connectivity index (χ2v) is 6.92. The topological polar surface area (TPSA) is 46.8 Å². The minimum atomic E-state index is -0.122. The normalized spacial score (nSPS) is 16.1. The standard InChI is InChI=1S/C20H22FN5/c1-15-4-5-16(11-19(15)21)13-25-9-6-18(7-10-25)26-14-20(23-24-26)17-3-2-8-22-12-17/h2-5,8,11-12,14,18H,6-7,9-10,13H2,1H3. The molecule has 134 valence electrons. The molecule has 0 unspecified atom stereocenters. The number of hydrogen-bond acceptors (Lipinski definition) is 4. The third-order valence-electron chi connectivity index (χ3n) is 5.04. The monoisotopic (exact) mass is 351 g/mol. The van der Waals surface area contributed by atoms with E-state index in [9.17, 15) is 4.39 Å². The predicted molar refractivity (Wildman–Crippen MR) is 97.9 cm³/mol. The summed E-state index contributed by atoms with van der Waals surface area (Å²) in [6, 6.07) is 9.78. The molecule has 0 amide bonds. The summed E-state index contributed by atoms with van der Waals surface area (Å²) in [6.45, 7) is 4.54. The van der Waals surface area contributed by atoms with Crippen LogP contribution in [0.15, 0.2) is 48.9 Å². The fourth-order valence-electron chi connectivity index (χ4n) is 3.44. The van der Waals surface area contributed by atoms with Gasteiger partial charge in [0.1, 0.15) is 11.5 Å². The Morgan fingerprint density at radius 2 is 2.04 bits per heavy atom. The van der Waals surface area contributed by atoms with E-state index < -0.39 is 0 Å². The van der Waals surface area contributed by atoms with Crippen LogP contribution in [0.5, 0.6) is 0 Å². The molecule has 0 atom stereocenters. The molecular weight excluding hydrogens is 329 g/mol. The van der Waals surface area contributed by atoms with E-state index in [1.807, 2.05) is 35.1 Å². The lowest BCUT2D eigenvalue weighted by atomic mass is 10.0. The number of likely N-dealkylation sites (tertiary alicyclic amines) is 1. The van der Waals surface area contributed by atoms with Crippen LogP contribution in [0, 0.1) is 12.7 Å². The maximum atomic E-state index is 13.7. The van der Waals surface area contributed by atoms with E-state index in [2.05, 4.69) is 20.2 Å². The van der Waals surface area contributed by atoms with E-state index >= 15 is 0 Å². The van der Waals surface area contributed by atoms with E-state index in [4.69, 9.17) is 0 Å². The van der Waals surface area contributed by atoms with E-state index in [0.717, 1.165) is 49.3 Å². The van der Waals surface area contributed by atoms with Crippen molar-refractivity contribution in [3.63, 3.8) is 0 Å². The molecule has 2 aromatic heterocycles. The fraction of sp³-hybridized carbons (Fsp3) is 0.350. The van der Waals surface area contributed by atoms with Gasteiger partial charge in [0.05, 0.1) is 12.2 Å². The van der Waals surface area contributed by atoms with E-state index in [-0.39, 0.29) is 5.82 Å². The van der Waals surface area contributed by atoms with Crippen molar-refractivity contribution in [2.45, 2.75) is 32.4 Å². The van der Waals surface area contributed by atoms with E-state index in [1.54, 1.807) is 25.4 Å². The summed E-state index contributed by atoms with van der Waals surface area (Å²) in [5, 5.41) is 8.60. The van der Waals surface area contributed by atoms with Gasteiger partial charge in [0.15, 0.2) is 0 Å². The third kappa shape index (κ3) is 3.65. The van der Waals surface area contributed by atoms with Gasteiger partial charge in [-0.05, 0) is 49.1 Å². The Balaban J connectivity index is 1.36. The van der Waals surface area contributed by atoms with Gasteiger partial charge in [-0.25, -0.2) is 9.07 Å². The van der Waals surface area contributed by atoms with Crippen molar-refractivity contribution in [2.75, 3.05) is 13.1 Å². The van der Waals surface area contributed by atoms with Crippen LogP contribution in [0.4, 0.5) is 4.39 Å². The Morgan fingerprint density at radius 3 is 2.77 bits per heavy atom. The molecule has 0 bridgehead atoms. The summed E-state index contributed by atoms with van der Waals surface area (Å²) in [4.78, 5) is 6.51. The van der Waals surface area contributed by atoms with Crippen molar-refractivity contribution < 1.29 is 4.39 Å². The molecule has 0 spiro atoms. The van der Waals surface area contributed by atoms with Gasteiger partial charge in [0.2, 0.25) is 0 Å². The first-order valence-electron chi connectivity index (χ1n) is 8.98. The first kappa shape index (κ1) is 16.8. The number of piperidine rings is 1. The maximum absolute atomic E-state index is 13.7. The molecular formula is C20H22FN5. The molecule has 1 aliphatic heterocycles. The summed E-state index contributed by atoms with van der Waals surface area (Å²) >= 11 is 0. The Hall–Kier alpha value is -2.60. The SMILES string of the molecule is Cc1ccc(CN2CCC(n3cc(-c4cccnc4)nn3)CC2)cc1F. The summed E-state index contributed by atoms with van der Waals surface area (Å²) in [5.74, 6) is -0.122. The average molecular weight is 351 g/mol. The lowest BCUT2D eigenvalue weighted by Crippen LogP contribution is -2.34. The molecule has 1 fully saturated rings. The highest BCUT2D eigenvalue weighted by Gasteiger charge is 2.22. The molecule has 26 heavy (non-hydrogen) atoms. The highest BCUT2D eigenvalue weighted by molar-refractivity contribution is 5.55. The van der Waals surface area contributed by atoms with Crippen molar-refractivity contribution in [1.82, 2.24) is 24.9 Å². The van der Waals surface area contributed by atoms with Crippen molar-refractivity contribution in [2.24, 2.45) is 0 Å². The predicted octanol–water partition coefficient (Wildman–Crippen LogP) is 3.62. The van der Waals surface area contributed by atoms with Crippen LogP contribution in [0.3, 0.4) is 0 Å². The van der Waals surface area contributed by atoms with Crippen LogP contribution < -0.4 is 0 Å². The Morgan fingerprint density at radius 1 is 1.19 bits per heavy atom. The van der Waals surface area contributed by atoms with Gasteiger partial charge >= 0.3 is 0 Å². The lowest BCUT2D eigenvalue weighted by molar-refractivity contribution is 0.172. The van der Waals surface area contributed by atoms with Crippen LogP contribution in [0.2, 0.25) is 0 Å². The van der Waals surface area contributed by atoms with E-state index in [0.29, 0.717) is 11.6 Å². The van der Waals surface area contributed by atoms with Gasteiger partial charge in [-0.15, -0.1) is 5.10 Å². The number of hydrogen-bond donors (Lipinski definition) is 0. The minimum absolute atomic E-state index is 0.122. The number of aryl methyl sites for hydroxylation is 1. The highest BCUT2D eigenvalue weighted by atomic mass is 19.1. The number of benzene rings is 1. The van der Waals surface area contributed by atoms with Crippen molar-refractivity contribution >= 4 is 0 Å². The van der Waals surface area contributed by atoms with Crippen LogP contribution in [-0.2, 0) is 6.54 Å². The summed E-state index contributed by atoms with van der Waals surface area (Å²) in [7, 11) is 0. The smallest absolute Gasteiger partial charge is 0.126 e. The van der Waals surface area contributed by atoms with Gasteiger partial charge < -0.3 is 0 Å². The molecule has 6 heteroatoms. The Kier molecular flexibility index (Phi) is 4.75. The third-order valence-corrected chi connectivity index (χ3v) is 5.04. The molecule has 3 aromatic rings. The van der Waals surface area contributed by atoms with Crippen LogP contribution in [0.25, 0.3) is 11.3 Å². The molecule has 0 radical (unpaired) electrons. The molecule has 3 heterocycles. The second kappa shape index (κ2) is 7.33. The largest absolute Gasteiger partial charge is 0.299 e. The number of aromatic nitrogens is 4. The average Bonchev–Trinajstić information content (AvgIpc) is 3.16. The van der Waals surface area contributed by atoms with Gasteiger partial charge in [-0.2, -0.15) is 0 Å². The van der Waals surface area contributed by atoms with Crippen LogP contribution in [0.1, 0.15) is 30.0 Å². The summed E-state index contributed by atoms with van der Waals surface area (Å²) < 4.78 is 15.7. The van der Waals surface area contributed by atoms with Crippen molar-refractivity contribution in [3.8, 4) is 11.3 Å². The first-order chi connectivity index (χ1) is 12.7. The van der Waals surface area contributed by atoms with E-state index in [1.165, 1.54) is 0 Å². The summed E-state index contributed by atoms with van der Waals surface area (Å²) in [5.41, 5.74) is 3.57. The molecule has 4 rings (SSSR count). The number of halogens is 1. The van der Waals surface area contributed by atoms with Gasteiger partial charge in [0, 0.05) is 37.6 Å². The molecule has 0 N–H and O–H groups in total. The van der Waals surface area contributed by atoms with Crippen LogP contribution in [-0.4, -0.2) is 38.0 Å². The molecule has 1 aromatic carbocycles. The second-order valence-electron chi connectivity index (χ2n) is 6.92. The quantitative estimate of drug-likeness (QED) is 0.720. The molecule has 0 saturated carbocycles. The molecule has 1 saturated heterocycles. The van der Waals surface area contributed by atoms with Gasteiger partial charge in [0.25, 0.3) is 0 Å². The number of nitrogens with zero attached hydrogens (tertiary/aromatic N) is 5. The zero-order valence-electron chi connectivity index (χ0n) is 14.8. The zero-order valence-corrected chi connectivity index (χ0v) is 14.8. The first-order valence-corrected chi connectivity index (χ1v) is 8.98. The van der Waals surface area contributed by atoms with Crippen LogP contribution >= 0.6 is 0 Å². The highest BCUT2D eigenvalue weighted by Crippen LogP contribution is 2.25. The van der Waals surface area contributed by atoms with Gasteiger partial charge in [-0.3, -0.25) is 9.88 Å². The minimum Gasteiger partial charge on any atom is -0.299 e.